The maximum absolute atomic E-state index is 7.01. The van der Waals surface area contributed by atoms with E-state index < -0.39 is 8.32 Å². The number of piperidine rings is 1. The van der Waals surface area contributed by atoms with E-state index in [-0.39, 0.29) is 10.6 Å². The van der Waals surface area contributed by atoms with Crippen LogP contribution in [0.25, 0.3) is 0 Å². The van der Waals surface area contributed by atoms with E-state index in [1.807, 2.05) is 0 Å². The molecule has 0 aliphatic carbocycles. The lowest BCUT2D eigenvalue weighted by Gasteiger charge is -2.52. The first-order valence-electron chi connectivity index (χ1n) is 9.08. The number of allylic oxidation sites excluding steroid dienone is 1. The molecule has 0 radical (unpaired) electrons. The van der Waals surface area contributed by atoms with Crippen LogP contribution in [0, 0.1) is 5.92 Å². The predicted octanol–water partition coefficient (Wildman–Crippen LogP) is 5.22. The summed E-state index contributed by atoms with van der Waals surface area (Å²) in [6.45, 7) is 21.2. The summed E-state index contributed by atoms with van der Waals surface area (Å²) in [5, 5.41) is 0.277. The quantitative estimate of drug-likeness (QED) is 0.521. The number of rotatable bonds is 3. The number of fused-ring (bicyclic) bond motifs is 1. The van der Waals surface area contributed by atoms with E-state index in [0.29, 0.717) is 12.0 Å². The lowest BCUT2D eigenvalue weighted by molar-refractivity contribution is -0.0220. The molecule has 2 aliphatic rings. The van der Waals surface area contributed by atoms with Crippen molar-refractivity contribution in [1.29, 1.82) is 0 Å². The minimum Gasteiger partial charge on any atom is -0.410 e. The molecule has 2 nitrogen and oxygen atoms in total. The van der Waals surface area contributed by atoms with Crippen LogP contribution in [0.15, 0.2) is 11.6 Å². The zero-order valence-electron chi connectivity index (χ0n) is 16.1. The van der Waals surface area contributed by atoms with Crippen molar-refractivity contribution < 1.29 is 4.43 Å². The van der Waals surface area contributed by atoms with Gasteiger partial charge in [-0.2, -0.15) is 0 Å². The van der Waals surface area contributed by atoms with Gasteiger partial charge in [-0.3, -0.25) is 4.90 Å². The number of hydrogen-bond donors (Lipinski definition) is 0. The van der Waals surface area contributed by atoms with Crippen molar-refractivity contribution in [2.24, 2.45) is 5.92 Å². The van der Waals surface area contributed by atoms with Crippen molar-refractivity contribution in [3.8, 4) is 0 Å². The molecular weight excluding hydrogens is 286 g/mol. The maximum atomic E-state index is 7.01. The molecule has 2 fully saturated rings. The summed E-state index contributed by atoms with van der Waals surface area (Å²) in [5.74, 6) is 0.631. The molecule has 0 bridgehead atoms. The van der Waals surface area contributed by atoms with Crippen LogP contribution in [-0.4, -0.2) is 37.9 Å². The number of nitrogens with zero attached hydrogens (tertiary/aromatic N) is 1. The van der Waals surface area contributed by atoms with Gasteiger partial charge in [0, 0.05) is 12.6 Å². The molecule has 0 spiro atoms. The Hall–Kier alpha value is -0.123. The highest BCUT2D eigenvalue weighted by Gasteiger charge is 2.50. The van der Waals surface area contributed by atoms with Crippen molar-refractivity contribution in [3.05, 3.63) is 11.6 Å². The second kappa shape index (κ2) is 6.07. The van der Waals surface area contributed by atoms with Crippen LogP contribution >= 0.6 is 0 Å². The molecule has 128 valence electrons. The van der Waals surface area contributed by atoms with Crippen LogP contribution in [-0.2, 0) is 4.43 Å². The van der Waals surface area contributed by atoms with E-state index in [9.17, 15) is 0 Å². The van der Waals surface area contributed by atoms with E-state index in [4.69, 9.17) is 4.43 Å². The Morgan fingerprint density at radius 1 is 1.32 bits per heavy atom. The van der Waals surface area contributed by atoms with Gasteiger partial charge in [0.15, 0.2) is 8.32 Å². The smallest absolute Gasteiger partial charge is 0.192 e. The van der Waals surface area contributed by atoms with Crippen molar-refractivity contribution >= 4 is 8.32 Å². The highest BCUT2D eigenvalue weighted by Crippen LogP contribution is 2.46. The highest BCUT2D eigenvalue weighted by molar-refractivity contribution is 6.74. The van der Waals surface area contributed by atoms with Gasteiger partial charge in [0.1, 0.15) is 0 Å². The molecule has 2 aliphatic heterocycles. The molecule has 0 saturated carbocycles. The summed E-state index contributed by atoms with van der Waals surface area (Å²) >= 11 is 0. The summed E-state index contributed by atoms with van der Waals surface area (Å²) in [4.78, 5) is 2.69. The van der Waals surface area contributed by atoms with Crippen molar-refractivity contribution in [3.63, 3.8) is 0 Å². The second-order valence-corrected chi connectivity index (χ2v) is 14.3. The average molecular weight is 324 g/mol. The van der Waals surface area contributed by atoms with Crippen LogP contribution in [0.2, 0.25) is 18.1 Å². The van der Waals surface area contributed by atoms with Crippen LogP contribution in [0.3, 0.4) is 0 Å². The topological polar surface area (TPSA) is 12.5 Å². The Bertz CT molecular complexity index is 435. The third-order valence-electron chi connectivity index (χ3n) is 5.92. The zero-order valence-corrected chi connectivity index (χ0v) is 17.1. The van der Waals surface area contributed by atoms with Crippen LogP contribution in [0.5, 0.6) is 0 Å². The van der Waals surface area contributed by atoms with Gasteiger partial charge in [0.25, 0.3) is 0 Å². The molecule has 2 heterocycles. The number of hydrogen-bond acceptors (Lipinski definition) is 2. The standard InChI is InChI=1S/C19H37NOSi/c1-15(2)12-16-13-19(6,17-10-9-11-20(17)14-16)21-22(7,8)18(3,4)5/h12,15,17H,9-11,13-14H2,1-8H3/b16-12-/t17-,19-/m0/s1. The van der Waals surface area contributed by atoms with Gasteiger partial charge in [-0.25, -0.2) is 0 Å². The summed E-state index contributed by atoms with van der Waals surface area (Å²) in [5.41, 5.74) is 1.59. The minimum atomic E-state index is -1.75. The van der Waals surface area contributed by atoms with E-state index in [2.05, 4.69) is 65.6 Å². The molecule has 22 heavy (non-hydrogen) atoms. The fourth-order valence-corrected chi connectivity index (χ4v) is 5.70. The SMILES string of the molecule is CC(C)/C=C1\CN2CCC[C@H]2[C@@](C)(O[Si](C)(C)C(C)(C)C)C1. The van der Waals surface area contributed by atoms with E-state index in [0.717, 1.165) is 6.42 Å². The first-order valence-corrected chi connectivity index (χ1v) is 12.0. The second-order valence-electron chi connectivity index (χ2n) is 9.55. The third kappa shape index (κ3) is 3.68. The molecule has 2 rings (SSSR count). The van der Waals surface area contributed by atoms with Crippen molar-refractivity contribution in [1.82, 2.24) is 4.90 Å². The van der Waals surface area contributed by atoms with Crippen molar-refractivity contribution in [2.45, 2.75) is 90.6 Å². The highest BCUT2D eigenvalue weighted by atomic mass is 28.4. The van der Waals surface area contributed by atoms with Crippen molar-refractivity contribution in [2.75, 3.05) is 13.1 Å². The Labute approximate surface area is 139 Å². The molecular formula is C19H37NOSi. The Morgan fingerprint density at radius 2 is 1.95 bits per heavy atom. The van der Waals surface area contributed by atoms with Crippen LogP contribution in [0.1, 0.15) is 60.8 Å². The van der Waals surface area contributed by atoms with Gasteiger partial charge in [-0.1, -0.05) is 46.3 Å². The fraction of sp³-hybridized carbons (Fsp3) is 0.895. The molecule has 2 saturated heterocycles. The molecule has 0 aromatic rings. The molecule has 0 aromatic heterocycles. The maximum Gasteiger partial charge on any atom is 0.192 e. The molecule has 0 unspecified atom stereocenters. The molecule has 0 N–H and O–H groups in total. The van der Waals surface area contributed by atoms with Gasteiger partial charge < -0.3 is 4.43 Å². The Balaban J connectivity index is 2.28. The molecule has 0 amide bonds. The summed E-state index contributed by atoms with van der Waals surface area (Å²) in [6.07, 6.45) is 6.23. The summed E-state index contributed by atoms with van der Waals surface area (Å²) in [6, 6.07) is 0.617. The zero-order chi connectivity index (χ0) is 16.8. The van der Waals surface area contributed by atoms with E-state index >= 15 is 0 Å². The molecule has 0 aromatic carbocycles. The average Bonchev–Trinajstić information content (AvgIpc) is 2.73. The monoisotopic (exact) mass is 323 g/mol. The lowest BCUT2D eigenvalue weighted by atomic mass is 9.83. The van der Waals surface area contributed by atoms with Gasteiger partial charge in [-0.05, 0) is 56.8 Å². The van der Waals surface area contributed by atoms with Gasteiger partial charge in [0.2, 0.25) is 0 Å². The summed E-state index contributed by atoms with van der Waals surface area (Å²) in [7, 11) is -1.75. The Morgan fingerprint density at radius 3 is 2.50 bits per heavy atom. The first-order chi connectivity index (χ1) is 9.95. The summed E-state index contributed by atoms with van der Waals surface area (Å²) < 4.78 is 7.01. The van der Waals surface area contributed by atoms with Gasteiger partial charge in [0.05, 0.1) is 5.60 Å². The van der Waals surface area contributed by atoms with Crippen LogP contribution < -0.4 is 0 Å². The normalized spacial score (nSPS) is 32.8. The van der Waals surface area contributed by atoms with E-state index in [1.165, 1.54) is 25.9 Å². The first kappa shape index (κ1) is 18.2. The molecule has 3 heteroatoms. The molecule has 2 atom stereocenters. The van der Waals surface area contributed by atoms with Gasteiger partial charge in [-0.15, -0.1) is 0 Å². The Kier molecular flexibility index (Phi) is 5.02. The fourth-order valence-electron chi connectivity index (χ4n) is 4.02. The minimum absolute atomic E-state index is 0.00151. The van der Waals surface area contributed by atoms with Crippen LogP contribution in [0.4, 0.5) is 0 Å². The lowest BCUT2D eigenvalue weighted by Crippen LogP contribution is -2.59. The largest absolute Gasteiger partial charge is 0.410 e. The van der Waals surface area contributed by atoms with Gasteiger partial charge >= 0.3 is 0 Å². The predicted molar refractivity (Wildman–Crippen MR) is 98.8 cm³/mol. The third-order valence-corrected chi connectivity index (χ3v) is 10.5. The van der Waals surface area contributed by atoms with E-state index in [1.54, 1.807) is 5.57 Å².